The Bertz CT molecular complexity index is 755. The fraction of sp³-hybridized carbons (Fsp3) is 0.286. The van der Waals surface area contributed by atoms with Gasteiger partial charge in [-0.25, -0.2) is 12.8 Å². The van der Waals surface area contributed by atoms with E-state index in [1.165, 1.54) is 34.9 Å². The summed E-state index contributed by atoms with van der Waals surface area (Å²) in [6.07, 6.45) is 4.13. The van der Waals surface area contributed by atoms with Gasteiger partial charge in [-0.3, -0.25) is 9.97 Å². The van der Waals surface area contributed by atoms with Crippen LogP contribution in [-0.2, 0) is 14.8 Å². The summed E-state index contributed by atoms with van der Waals surface area (Å²) in [5.74, 6) is -0.584. The Labute approximate surface area is 127 Å². The van der Waals surface area contributed by atoms with Crippen LogP contribution in [0.2, 0.25) is 0 Å². The molecule has 0 amide bonds. The minimum absolute atomic E-state index is 0.0627. The lowest BCUT2D eigenvalue weighted by atomic mass is 10.2. The summed E-state index contributed by atoms with van der Waals surface area (Å²) in [6, 6.07) is 4.98. The van der Waals surface area contributed by atoms with Gasteiger partial charge in [0, 0.05) is 25.5 Å². The third-order valence-corrected chi connectivity index (χ3v) is 5.24. The van der Waals surface area contributed by atoms with Crippen LogP contribution in [0.1, 0.15) is 11.8 Å². The molecule has 8 heteroatoms. The molecule has 6 nitrogen and oxygen atoms in total. The number of nitrogens with zero attached hydrogens (tertiary/aromatic N) is 3. The molecule has 3 rings (SSSR count). The molecule has 0 saturated carbocycles. The number of morpholine rings is 1. The maximum absolute atomic E-state index is 13.3. The van der Waals surface area contributed by atoms with Crippen molar-refractivity contribution in [2.24, 2.45) is 0 Å². The second-order valence-corrected chi connectivity index (χ2v) is 6.75. The topological polar surface area (TPSA) is 72.4 Å². The first-order valence-corrected chi connectivity index (χ1v) is 8.14. The molecule has 1 aliphatic rings. The van der Waals surface area contributed by atoms with Crippen molar-refractivity contribution < 1.29 is 17.5 Å². The van der Waals surface area contributed by atoms with E-state index < -0.39 is 21.9 Å². The molecule has 0 spiro atoms. The van der Waals surface area contributed by atoms with E-state index in [0.717, 1.165) is 6.07 Å². The molecule has 0 bridgehead atoms. The second-order valence-electron chi connectivity index (χ2n) is 4.81. The lowest BCUT2D eigenvalue weighted by Gasteiger charge is -2.31. The molecule has 0 unspecified atom stereocenters. The summed E-state index contributed by atoms with van der Waals surface area (Å²) < 4.78 is 45.3. The first-order chi connectivity index (χ1) is 10.6. The third kappa shape index (κ3) is 2.99. The van der Waals surface area contributed by atoms with Gasteiger partial charge in [-0.1, -0.05) is 6.07 Å². The van der Waals surface area contributed by atoms with E-state index in [1.54, 1.807) is 6.20 Å². The van der Waals surface area contributed by atoms with Crippen LogP contribution < -0.4 is 0 Å². The fourth-order valence-corrected chi connectivity index (χ4v) is 3.73. The minimum Gasteiger partial charge on any atom is -0.369 e. The van der Waals surface area contributed by atoms with Gasteiger partial charge in [0.1, 0.15) is 11.9 Å². The van der Waals surface area contributed by atoms with Gasteiger partial charge in [-0.15, -0.1) is 0 Å². The van der Waals surface area contributed by atoms with Crippen LogP contribution in [0.15, 0.2) is 47.8 Å². The van der Waals surface area contributed by atoms with Crippen LogP contribution in [0.4, 0.5) is 4.39 Å². The Morgan fingerprint density at radius 1 is 1.32 bits per heavy atom. The second kappa shape index (κ2) is 6.07. The smallest absolute Gasteiger partial charge is 0.243 e. The van der Waals surface area contributed by atoms with E-state index in [-0.39, 0.29) is 24.6 Å². The van der Waals surface area contributed by atoms with Crippen molar-refractivity contribution in [3.63, 3.8) is 0 Å². The van der Waals surface area contributed by atoms with Crippen molar-refractivity contribution >= 4 is 10.0 Å². The van der Waals surface area contributed by atoms with Crippen LogP contribution in [0.5, 0.6) is 0 Å². The minimum atomic E-state index is -3.76. The molecule has 0 N–H and O–H groups in total. The highest BCUT2D eigenvalue weighted by atomic mass is 32.2. The average molecular weight is 323 g/mol. The summed E-state index contributed by atoms with van der Waals surface area (Å²) in [4.78, 5) is 8.03. The lowest BCUT2D eigenvalue weighted by molar-refractivity contribution is -0.00515. The molecule has 2 aromatic rings. The molecule has 0 aliphatic carbocycles. The van der Waals surface area contributed by atoms with Crippen LogP contribution in [-0.4, -0.2) is 42.4 Å². The Morgan fingerprint density at radius 3 is 2.91 bits per heavy atom. The summed E-state index contributed by atoms with van der Waals surface area (Å²) in [6.45, 7) is 0.586. The zero-order chi connectivity index (χ0) is 15.6. The van der Waals surface area contributed by atoms with E-state index in [0.29, 0.717) is 5.69 Å². The molecule has 0 radical (unpaired) electrons. The number of hydrogen-bond acceptors (Lipinski definition) is 5. The molecule has 22 heavy (non-hydrogen) atoms. The van der Waals surface area contributed by atoms with Gasteiger partial charge in [-0.2, -0.15) is 4.31 Å². The number of benzene rings is 1. The van der Waals surface area contributed by atoms with E-state index >= 15 is 0 Å². The third-order valence-electron chi connectivity index (χ3n) is 3.38. The molecule has 2 heterocycles. The Morgan fingerprint density at radius 2 is 2.18 bits per heavy atom. The maximum Gasteiger partial charge on any atom is 0.243 e. The van der Waals surface area contributed by atoms with E-state index in [2.05, 4.69) is 9.97 Å². The van der Waals surface area contributed by atoms with Gasteiger partial charge in [0.15, 0.2) is 0 Å². The Kier molecular flexibility index (Phi) is 4.14. The molecular weight excluding hydrogens is 309 g/mol. The molecule has 1 aromatic carbocycles. The first-order valence-electron chi connectivity index (χ1n) is 6.70. The molecule has 1 fully saturated rings. The number of halogens is 1. The Hall–Kier alpha value is -1.90. The van der Waals surface area contributed by atoms with Crippen molar-refractivity contribution in [1.82, 2.24) is 14.3 Å². The number of aromatic nitrogens is 2. The predicted octanol–water partition coefficient (Wildman–Crippen LogP) is 1.38. The summed E-state index contributed by atoms with van der Waals surface area (Å²) in [5, 5.41) is 0. The quantitative estimate of drug-likeness (QED) is 0.853. The van der Waals surface area contributed by atoms with Crippen LogP contribution >= 0.6 is 0 Å². The van der Waals surface area contributed by atoms with E-state index in [4.69, 9.17) is 4.74 Å². The maximum atomic E-state index is 13.3. The highest BCUT2D eigenvalue weighted by molar-refractivity contribution is 7.89. The monoisotopic (exact) mass is 323 g/mol. The predicted molar refractivity (Wildman–Crippen MR) is 75.9 cm³/mol. The molecule has 1 atom stereocenters. The lowest BCUT2D eigenvalue weighted by Crippen LogP contribution is -2.42. The van der Waals surface area contributed by atoms with Crippen LogP contribution in [0.25, 0.3) is 0 Å². The molecule has 1 aliphatic heterocycles. The van der Waals surface area contributed by atoms with Gasteiger partial charge in [0.05, 0.1) is 23.4 Å². The zero-order valence-corrected chi connectivity index (χ0v) is 12.4. The van der Waals surface area contributed by atoms with Gasteiger partial charge in [0.2, 0.25) is 10.0 Å². The van der Waals surface area contributed by atoms with Gasteiger partial charge in [-0.05, 0) is 18.2 Å². The SMILES string of the molecule is O=S(=O)(c1cccc(F)c1)N1CCO[C@@H](c2cnccn2)C1. The van der Waals surface area contributed by atoms with Crippen molar-refractivity contribution in [2.45, 2.75) is 11.0 Å². The number of sulfonamides is 1. The van der Waals surface area contributed by atoms with Gasteiger partial charge in [0.25, 0.3) is 0 Å². The van der Waals surface area contributed by atoms with Crippen molar-refractivity contribution in [1.29, 1.82) is 0 Å². The van der Waals surface area contributed by atoms with Gasteiger partial charge < -0.3 is 4.74 Å². The Balaban J connectivity index is 1.85. The molecule has 116 valence electrons. The standard InChI is InChI=1S/C14H14FN3O3S/c15-11-2-1-3-12(8-11)22(19,20)18-6-7-21-14(10-18)13-9-16-4-5-17-13/h1-5,8-9,14H,6-7,10H2/t14-/m1/s1. The number of rotatable bonds is 3. The molecule has 1 aromatic heterocycles. The normalized spacial score (nSPS) is 20.0. The highest BCUT2D eigenvalue weighted by Gasteiger charge is 2.32. The molecule has 1 saturated heterocycles. The highest BCUT2D eigenvalue weighted by Crippen LogP contribution is 2.25. The average Bonchev–Trinajstić information content (AvgIpc) is 2.56. The summed E-state index contributed by atoms with van der Waals surface area (Å²) in [5.41, 5.74) is 0.571. The van der Waals surface area contributed by atoms with Crippen LogP contribution in [0, 0.1) is 5.82 Å². The number of ether oxygens (including phenoxy) is 1. The first kappa shape index (κ1) is 15.0. The van der Waals surface area contributed by atoms with Crippen molar-refractivity contribution in [2.75, 3.05) is 19.7 Å². The van der Waals surface area contributed by atoms with Crippen molar-refractivity contribution in [3.05, 3.63) is 54.4 Å². The van der Waals surface area contributed by atoms with E-state index in [9.17, 15) is 12.8 Å². The van der Waals surface area contributed by atoms with Crippen LogP contribution in [0.3, 0.4) is 0 Å². The molecular formula is C14H14FN3O3S. The van der Waals surface area contributed by atoms with Crippen molar-refractivity contribution in [3.8, 4) is 0 Å². The zero-order valence-electron chi connectivity index (χ0n) is 11.6. The summed E-state index contributed by atoms with van der Waals surface area (Å²) >= 11 is 0. The van der Waals surface area contributed by atoms with E-state index in [1.807, 2.05) is 0 Å². The number of hydrogen-bond donors (Lipinski definition) is 0. The summed E-state index contributed by atoms with van der Waals surface area (Å²) in [7, 11) is -3.76. The largest absolute Gasteiger partial charge is 0.369 e. The fourth-order valence-electron chi connectivity index (χ4n) is 2.28. The van der Waals surface area contributed by atoms with Gasteiger partial charge >= 0.3 is 0 Å².